The highest BCUT2D eigenvalue weighted by molar-refractivity contribution is 7.81. The lowest BCUT2D eigenvalue weighted by molar-refractivity contribution is -0.139. The van der Waals surface area contributed by atoms with Gasteiger partial charge in [0, 0.05) is 4.75 Å². The normalized spacial score (nSPS) is 19.6. The fourth-order valence-corrected chi connectivity index (χ4v) is 0.596. The van der Waals surface area contributed by atoms with Gasteiger partial charge in [-0.05, 0) is 13.3 Å². The molecule has 3 nitrogen and oxygen atoms in total. The smallest absolute Gasteiger partial charge is 0.321 e. The maximum Gasteiger partial charge on any atom is 0.321 e. The molecule has 0 aliphatic rings. The van der Waals surface area contributed by atoms with E-state index in [9.17, 15) is 4.79 Å². The van der Waals surface area contributed by atoms with Gasteiger partial charge in [-0.25, -0.2) is 0 Å². The molecule has 4 heteroatoms. The van der Waals surface area contributed by atoms with E-state index in [4.69, 9.17) is 10.8 Å². The molecule has 0 rings (SSSR count). The lowest BCUT2D eigenvalue weighted by atomic mass is 9.99. The van der Waals surface area contributed by atoms with Crippen molar-refractivity contribution in [2.45, 2.75) is 31.1 Å². The van der Waals surface area contributed by atoms with Gasteiger partial charge in [0.25, 0.3) is 0 Å². The predicted octanol–water partition coefficient (Wildman–Crippen LogP) is 0.497. The molecule has 0 heterocycles. The number of carboxylic acids is 1. The van der Waals surface area contributed by atoms with Gasteiger partial charge < -0.3 is 10.8 Å². The Kier molecular flexibility index (Phi) is 3.18. The van der Waals surface area contributed by atoms with Crippen LogP contribution in [0.5, 0.6) is 0 Å². The summed E-state index contributed by atoms with van der Waals surface area (Å²) in [6, 6.07) is -0.888. The number of hydrogen-bond acceptors (Lipinski definition) is 3. The summed E-state index contributed by atoms with van der Waals surface area (Å²) in [5.74, 6) is -1.00. The maximum absolute atomic E-state index is 10.3. The van der Waals surface area contributed by atoms with Crippen molar-refractivity contribution in [3.63, 3.8) is 0 Å². The van der Waals surface area contributed by atoms with Crippen molar-refractivity contribution < 1.29 is 9.90 Å². The first-order chi connectivity index (χ1) is 4.41. The van der Waals surface area contributed by atoms with Crippen molar-refractivity contribution in [3.05, 3.63) is 0 Å². The van der Waals surface area contributed by atoms with Crippen molar-refractivity contribution in [1.82, 2.24) is 0 Å². The molecule has 0 radical (unpaired) electrons. The molecule has 0 fully saturated rings. The third-order valence-electron chi connectivity index (χ3n) is 1.65. The monoisotopic (exact) mass is 163 g/mol. The quantitative estimate of drug-likeness (QED) is 0.531. The Morgan fingerprint density at radius 2 is 2.30 bits per heavy atom. The molecule has 0 aliphatic carbocycles. The zero-order valence-electron chi connectivity index (χ0n) is 6.16. The predicted molar refractivity (Wildman–Crippen MR) is 43.3 cm³/mol. The molecule has 2 unspecified atom stereocenters. The minimum atomic E-state index is -1.00. The molecule has 0 amide bonds. The SMILES string of the molecule is CCC(C)(S)C(N)C(=O)O. The van der Waals surface area contributed by atoms with E-state index < -0.39 is 16.8 Å². The highest BCUT2D eigenvalue weighted by atomic mass is 32.1. The molecule has 0 aromatic carbocycles. The van der Waals surface area contributed by atoms with Crippen LogP contribution in [0.25, 0.3) is 0 Å². The van der Waals surface area contributed by atoms with Gasteiger partial charge in [-0.3, -0.25) is 4.79 Å². The molecule has 0 spiro atoms. The van der Waals surface area contributed by atoms with Gasteiger partial charge in [-0.1, -0.05) is 6.92 Å². The van der Waals surface area contributed by atoms with E-state index in [1.165, 1.54) is 0 Å². The number of carbonyl (C=O) groups is 1. The summed E-state index contributed by atoms with van der Waals surface area (Å²) in [5, 5.41) is 8.47. The first-order valence-corrected chi connectivity index (χ1v) is 3.57. The molecule has 2 atom stereocenters. The molecule has 60 valence electrons. The third kappa shape index (κ3) is 2.19. The zero-order chi connectivity index (χ0) is 8.36. The molecule has 0 bridgehead atoms. The van der Waals surface area contributed by atoms with E-state index in [1.54, 1.807) is 6.92 Å². The molecule has 3 N–H and O–H groups in total. The van der Waals surface area contributed by atoms with Gasteiger partial charge in [0.15, 0.2) is 0 Å². The highest BCUT2D eigenvalue weighted by Crippen LogP contribution is 2.21. The second-order valence-electron chi connectivity index (χ2n) is 2.53. The van der Waals surface area contributed by atoms with Crippen molar-refractivity contribution >= 4 is 18.6 Å². The first-order valence-electron chi connectivity index (χ1n) is 3.12. The van der Waals surface area contributed by atoms with E-state index in [2.05, 4.69) is 12.6 Å². The Morgan fingerprint density at radius 3 is 2.40 bits per heavy atom. The Labute approximate surface area is 66.0 Å². The number of aliphatic carboxylic acids is 1. The maximum atomic E-state index is 10.3. The summed E-state index contributed by atoms with van der Waals surface area (Å²) in [5.41, 5.74) is 5.33. The Morgan fingerprint density at radius 1 is 1.90 bits per heavy atom. The number of rotatable bonds is 3. The molecule has 0 aromatic heterocycles. The lowest BCUT2D eigenvalue weighted by Crippen LogP contribution is -2.46. The third-order valence-corrected chi connectivity index (χ3v) is 2.25. The van der Waals surface area contributed by atoms with Crippen molar-refractivity contribution in [2.75, 3.05) is 0 Å². The standard InChI is InChI=1S/C6H13NO2S/c1-3-6(2,10)4(7)5(8)9/h4,10H,3,7H2,1-2H3,(H,8,9). The van der Waals surface area contributed by atoms with Crippen LogP contribution in [0.4, 0.5) is 0 Å². The minimum Gasteiger partial charge on any atom is -0.480 e. The van der Waals surface area contributed by atoms with Gasteiger partial charge >= 0.3 is 5.97 Å². The summed E-state index contributed by atoms with van der Waals surface area (Å²) < 4.78 is -0.605. The van der Waals surface area contributed by atoms with Crippen molar-refractivity contribution in [2.24, 2.45) is 5.73 Å². The number of hydrogen-bond donors (Lipinski definition) is 3. The van der Waals surface area contributed by atoms with E-state index in [0.717, 1.165) is 0 Å². The highest BCUT2D eigenvalue weighted by Gasteiger charge is 2.30. The van der Waals surface area contributed by atoms with Crippen LogP contribution in [0, 0.1) is 0 Å². The second kappa shape index (κ2) is 3.25. The van der Waals surface area contributed by atoms with Gasteiger partial charge in [0.2, 0.25) is 0 Å². The molecule has 0 aromatic rings. The Bertz CT molecular complexity index is 136. The molecule has 0 aliphatic heterocycles. The molecular weight excluding hydrogens is 150 g/mol. The average Bonchev–Trinajstić information content (AvgIpc) is 1.86. The van der Waals surface area contributed by atoms with Crippen LogP contribution in [0.1, 0.15) is 20.3 Å². The lowest BCUT2D eigenvalue weighted by Gasteiger charge is -2.25. The zero-order valence-corrected chi connectivity index (χ0v) is 7.06. The molecule has 0 saturated carbocycles. The minimum absolute atomic E-state index is 0.605. The Balaban J connectivity index is 4.17. The van der Waals surface area contributed by atoms with Gasteiger partial charge in [-0.15, -0.1) is 0 Å². The van der Waals surface area contributed by atoms with Crippen molar-refractivity contribution in [3.8, 4) is 0 Å². The van der Waals surface area contributed by atoms with Gasteiger partial charge in [0.05, 0.1) is 0 Å². The topological polar surface area (TPSA) is 63.3 Å². The van der Waals surface area contributed by atoms with Crippen LogP contribution in [0.3, 0.4) is 0 Å². The molecule has 0 saturated heterocycles. The van der Waals surface area contributed by atoms with Crippen LogP contribution < -0.4 is 5.73 Å². The van der Waals surface area contributed by atoms with Crippen LogP contribution >= 0.6 is 12.6 Å². The first kappa shape index (κ1) is 9.78. The summed E-state index contributed by atoms with van der Waals surface area (Å²) in [6.45, 7) is 3.57. The van der Waals surface area contributed by atoms with Gasteiger partial charge in [-0.2, -0.15) is 12.6 Å². The van der Waals surface area contributed by atoms with Crippen LogP contribution in [0.2, 0.25) is 0 Å². The summed E-state index contributed by atoms with van der Waals surface area (Å²) >= 11 is 4.12. The van der Waals surface area contributed by atoms with E-state index >= 15 is 0 Å². The molecular formula is C6H13NO2S. The average molecular weight is 163 g/mol. The number of thiol groups is 1. The van der Waals surface area contributed by atoms with Gasteiger partial charge in [0.1, 0.15) is 6.04 Å². The fourth-order valence-electron chi connectivity index (χ4n) is 0.486. The van der Waals surface area contributed by atoms with Crippen LogP contribution in [-0.2, 0) is 4.79 Å². The molecule has 10 heavy (non-hydrogen) atoms. The van der Waals surface area contributed by atoms with E-state index in [0.29, 0.717) is 6.42 Å². The van der Waals surface area contributed by atoms with Crippen LogP contribution in [0.15, 0.2) is 0 Å². The number of carboxylic acid groups (broad SMARTS) is 1. The largest absolute Gasteiger partial charge is 0.480 e. The van der Waals surface area contributed by atoms with E-state index in [1.807, 2.05) is 6.92 Å². The van der Waals surface area contributed by atoms with E-state index in [-0.39, 0.29) is 0 Å². The summed E-state index contributed by atoms with van der Waals surface area (Å²) in [7, 11) is 0. The number of nitrogens with two attached hydrogens (primary N) is 1. The fraction of sp³-hybridized carbons (Fsp3) is 0.833. The Hall–Kier alpha value is -0.220. The summed E-state index contributed by atoms with van der Waals surface area (Å²) in [4.78, 5) is 10.3. The summed E-state index contributed by atoms with van der Waals surface area (Å²) in [6.07, 6.45) is 0.642. The van der Waals surface area contributed by atoms with Crippen molar-refractivity contribution in [1.29, 1.82) is 0 Å². The van der Waals surface area contributed by atoms with Crippen LogP contribution in [-0.4, -0.2) is 21.9 Å². The second-order valence-corrected chi connectivity index (χ2v) is 3.55.